The first-order valence-corrected chi connectivity index (χ1v) is 17.9. The van der Waals surface area contributed by atoms with E-state index in [0.717, 1.165) is 30.6 Å². The second-order valence-electron chi connectivity index (χ2n) is 13.4. The predicted molar refractivity (Wildman–Crippen MR) is 174 cm³/mol. The van der Waals surface area contributed by atoms with Crippen molar-refractivity contribution in [1.29, 1.82) is 0 Å². The van der Waals surface area contributed by atoms with E-state index in [2.05, 4.69) is 20.4 Å². The second kappa shape index (κ2) is 13.3. The van der Waals surface area contributed by atoms with Crippen LogP contribution < -0.4 is 14.8 Å². The van der Waals surface area contributed by atoms with Crippen LogP contribution in [-0.2, 0) is 10.0 Å². The third-order valence-corrected chi connectivity index (χ3v) is 10.8. The van der Waals surface area contributed by atoms with Crippen LogP contribution in [0, 0.1) is 23.7 Å². The summed E-state index contributed by atoms with van der Waals surface area (Å²) in [7, 11) is -4.34. The third-order valence-electron chi connectivity index (χ3n) is 9.31. The fourth-order valence-electron chi connectivity index (χ4n) is 6.65. The minimum absolute atomic E-state index is 0.127. The maximum Gasteiger partial charge on any atom is 0.407 e. The minimum Gasteiger partial charge on any atom is -0.477 e. The minimum atomic E-state index is -4.34. The highest BCUT2D eigenvalue weighted by molar-refractivity contribution is 7.90. The van der Waals surface area contributed by atoms with Gasteiger partial charge in [0.25, 0.3) is 15.9 Å². The van der Waals surface area contributed by atoms with Crippen molar-refractivity contribution in [3.8, 4) is 11.7 Å². The molecule has 1 aliphatic heterocycles. The summed E-state index contributed by atoms with van der Waals surface area (Å²) in [5, 5.41) is 16.4. The van der Waals surface area contributed by atoms with E-state index in [9.17, 15) is 23.1 Å². The molecule has 6 rings (SSSR count). The normalized spacial score (nSPS) is 19.1. The van der Waals surface area contributed by atoms with Crippen molar-refractivity contribution < 1.29 is 27.9 Å². The van der Waals surface area contributed by atoms with Gasteiger partial charge in [-0.3, -0.25) is 4.79 Å². The number of nitrogens with zero attached hydrogens (tertiary/aromatic N) is 5. The van der Waals surface area contributed by atoms with Gasteiger partial charge in [0.1, 0.15) is 11.0 Å². The Morgan fingerprint density at radius 2 is 1.85 bits per heavy atom. The number of amides is 2. The molecule has 1 saturated heterocycles. The number of pyridine rings is 2. The molecule has 1 atom stereocenters. The number of rotatable bonds is 14. The number of carbonyl (C=O) groups is 2. The number of carboxylic acid groups (broad SMARTS) is 1. The Morgan fingerprint density at radius 1 is 1.11 bits per heavy atom. The summed E-state index contributed by atoms with van der Waals surface area (Å²) in [5.74, 6) is 2.81. The van der Waals surface area contributed by atoms with Crippen molar-refractivity contribution in [2.75, 3.05) is 25.0 Å². The zero-order chi connectivity index (χ0) is 33.3. The number of hydrogen-bond donors (Lipinski definition) is 3. The molecule has 2 saturated carbocycles. The highest BCUT2D eigenvalue weighted by Crippen LogP contribution is 2.50. The molecule has 3 aromatic heterocycles. The molecule has 3 N–H and O–H groups in total. The number of aromatic nitrogens is 4. The van der Waals surface area contributed by atoms with Gasteiger partial charge in [-0.15, -0.1) is 5.10 Å². The molecule has 0 radical (unpaired) electrons. The average molecular weight is 686 g/mol. The lowest BCUT2D eigenvalue weighted by Gasteiger charge is -2.28. The maximum atomic E-state index is 13.1. The summed E-state index contributed by atoms with van der Waals surface area (Å²) in [6, 6.07) is 9.06. The molecule has 0 bridgehead atoms. The number of anilines is 1. The predicted octanol–water partition coefficient (Wildman–Crippen LogP) is 5.22. The van der Waals surface area contributed by atoms with E-state index in [-0.39, 0.29) is 21.7 Å². The average Bonchev–Trinajstić information content (AvgIpc) is 3.95. The molecule has 13 nitrogen and oxygen atoms in total. The fraction of sp³-hybridized carbons (Fsp3) is 0.531. The number of ether oxygens (including phenoxy) is 1. The van der Waals surface area contributed by atoms with Crippen molar-refractivity contribution in [3.63, 3.8) is 0 Å². The van der Waals surface area contributed by atoms with Crippen molar-refractivity contribution in [3.05, 3.63) is 53.3 Å². The van der Waals surface area contributed by atoms with Gasteiger partial charge in [0.05, 0.1) is 12.2 Å². The lowest BCUT2D eigenvalue weighted by atomic mass is 9.94. The number of sulfonamides is 1. The van der Waals surface area contributed by atoms with Crippen LogP contribution in [0.3, 0.4) is 0 Å². The van der Waals surface area contributed by atoms with E-state index in [4.69, 9.17) is 16.3 Å². The van der Waals surface area contributed by atoms with E-state index in [1.807, 2.05) is 18.6 Å². The zero-order valence-electron chi connectivity index (χ0n) is 26.4. The van der Waals surface area contributed by atoms with E-state index < -0.39 is 27.6 Å². The molecule has 47 heavy (non-hydrogen) atoms. The van der Waals surface area contributed by atoms with Crippen LogP contribution in [0.1, 0.15) is 69.2 Å². The van der Waals surface area contributed by atoms with Gasteiger partial charge in [0.2, 0.25) is 5.88 Å². The van der Waals surface area contributed by atoms with Gasteiger partial charge in [-0.1, -0.05) is 17.7 Å². The molecule has 3 aromatic rings. The van der Waals surface area contributed by atoms with Crippen LogP contribution in [0.25, 0.3) is 5.82 Å². The first kappa shape index (κ1) is 33.0. The van der Waals surface area contributed by atoms with Gasteiger partial charge in [-0.2, -0.15) is 8.42 Å². The molecule has 0 aromatic carbocycles. The van der Waals surface area contributed by atoms with Crippen LogP contribution in [0.2, 0.25) is 5.15 Å². The summed E-state index contributed by atoms with van der Waals surface area (Å²) in [6.45, 7) is 5.32. The molecular formula is C32H40ClN7O6S. The van der Waals surface area contributed by atoms with E-state index in [1.165, 1.54) is 59.5 Å². The number of likely N-dealkylation sites (tertiary alicyclic amines) is 1. The van der Waals surface area contributed by atoms with E-state index in [0.29, 0.717) is 43.6 Å². The highest BCUT2D eigenvalue weighted by Gasteiger charge is 2.41. The Morgan fingerprint density at radius 3 is 2.51 bits per heavy atom. The van der Waals surface area contributed by atoms with Crippen molar-refractivity contribution in [1.82, 2.24) is 29.4 Å². The van der Waals surface area contributed by atoms with Crippen LogP contribution in [0.4, 0.5) is 10.6 Å². The molecule has 15 heteroatoms. The van der Waals surface area contributed by atoms with Gasteiger partial charge in [-0.25, -0.2) is 24.2 Å². The number of nitrogens with one attached hydrogen (secondary N) is 2. The highest BCUT2D eigenvalue weighted by atomic mass is 35.5. The standard InChI is InChI=1S/C32H40ClN7O6S/c1-32(2)18-20(19-39(32)31(42)43)12-15-34-25-4-3-5-28(35-25)47(44,45)38-30(41)24-10-11-26(36-29(24)33)40-16-13-27(37-40)46-17-14-23(21-6-7-21)22-8-9-22/h3-5,10-11,13,16,20-23H,6-9,12,14-15,17-19H2,1-2H3,(H,34,35)(H,38,41)(H,42,43). The molecule has 3 fully saturated rings. The summed E-state index contributed by atoms with van der Waals surface area (Å²) >= 11 is 6.33. The van der Waals surface area contributed by atoms with Crippen molar-refractivity contribution in [2.45, 2.75) is 69.4 Å². The molecule has 1 unspecified atom stereocenters. The van der Waals surface area contributed by atoms with Gasteiger partial charge < -0.3 is 20.1 Å². The maximum absolute atomic E-state index is 13.1. The molecule has 4 heterocycles. The second-order valence-corrected chi connectivity index (χ2v) is 15.4. The molecule has 3 aliphatic rings. The Bertz CT molecular complexity index is 1730. The Kier molecular flexibility index (Phi) is 9.34. The summed E-state index contributed by atoms with van der Waals surface area (Å²) in [4.78, 5) is 34.4. The smallest absolute Gasteiger partial charge is 0.407 e. The lowest BCUT2D eigenvalue weighted by Crippen LogP contribution is -2.41. The van der Waals surface area contributed by atoms with E-state index >= 15 is 0 Å². The molecule has 252 valence electrons. The monoisotopic (exact) mass is 685 g/mol. The first-order chi connectivity index (χ1) is 22.4. The Balaban J connectivity index is 1.02. The number of halogens is 1. The summed E-state index contributed by atoms with van der Waals surface area (Å²) in [5.41, 5.74) is -0.566. The first-order valence-electron chi connectivity index (χ1n) is 16.0. The third kappa shape index (κ3) is 7.98. The quantitative estimate of drug-likeness (QED) is 0.191. The summed E-state index contributed by atoms with van der Waals surface area (Å²) in [6.07, 6.45) is 8.53. The van der Waals surface area contributed by atoms with Crippen LogP contribution in [0.5, 0.6) is 5.88 Å². The lowest BCUT2D eigenvalue weighted by molar-refractivity contribution is 0.0980. The molecule has 2 aliphatic carbocycles. The van der Waals surface area contributed by atoms with Gasteiger partial charge >= 0.3 is 6.09 Å². The Hall–Kier alpha value is -3.91. The Labute approximate surface area is 279 Å². The molecule has 2 amide bonds. The fourth-order valence-corrected chi connectivity index (χ4v) is 7.82. The van der Waals surface area contributed by atoms with Crippen LogP contribution in [0.15, 0.2) is 47.6 Å². The van der Waals surface area contributed by atoms with Crippen molar-refractivity contribution >= 4 is 39.4 Å². The molecular weight excluding hydrogens is 646 g/mol. The van der Waals surface area contributed by atoms with Crippen molar-refractivity contribution in [2.24, 2.45) is 23.7 Å². The largest absolute Gasteiger partial charge is 0.477 e. The van der Waals surface area contributed by atoms with Crippen LogP contribution >= 0.6 is 11.6 Å². The summed E-state index contributed by atoms with van der Waals surface area (Å²) < 4.78 is 35.5. The van der Waals surface area contributed by atoms with Gasteiger partial charge in [-0.05, 0) is 107 Å². The van der Waals surface area contributed by atoms with Gasteiger partial charge in [0, 0.05) is 30.9 Å². The zero-order valence-corrected chi connectivity index (χ0v) is 28.0. The SMILES string of the molecule is CC1(C)CC(CCNc2cccc(S(=O)(=O)NC(=O)c3ccc(-n4ccc(OCCC(C5CC5)C5CC5)n4)nc3Cl)n2)CN1C(=O)O. The van der Waals surface area contributed by atoms with E-state index in [1.54, 1.807) is 18.3 Å². The topological polar surface area (TPSA) is 169 Å². The van der Waals surface area contributed by atoms with Gasteiger partial charge in [0.15, 0.2) is 10.8 Å². The van der Waals surface area contributed by atoms with Crippen LogP contribution in [-0.4, -0.2) is 75.4 Å². The number of hydrogen-bond acceptors (Lipinski definition) is 9. The number of carbonyl (C=O) groups excluding carboxylic acids is 1. The molecule has 0 spiro atoms.